The van der Waals surface area contributed by atoms with E-state index >= 15 is 0 Å². The molecule has 0 radical (unpaired) electrons. The van der Waals surface area contributed by atoms with Crippen LogP contribution in [0.25, 0.3) is 5.82 Å². The van der Waals surface area contributed by atoms with Crippen LogP contribution in [-0.4, -0.2) is 32.7 Å². The summed E-state index contributed by atoms with van der Waals surface area (Å²) in [7, 11) is 0. The van der Waals surface area contributed by atoms with E-state index in [-0.39, 0.29) is 17.4 Å². The van der Waals surface area contributed by atoms with Gasteiger partial charge in [-0.2, -0.15) is 18.3 Å². The number of alkyl halides is 3. The van der Waals surface area contributed by atoms with Gasteiger partial charge in [0.1, 0.15) is 5.56 Å². The van der Waals surface area contributed by atoms with Gasteiger partial charge >= 0.3 is 12.1 Å². The number of halogens is 3. The van der Waals surface area contributed by atoms with Gasteiger partial charge in [-0.05, 0) is 38.5 Å². The number of benzene rings is 1. The smallest absolute Gasteiger partial charge is 0.417 e. The fraction of sp³-hybridized carbons (Fsp3) is 0.273. The maximum atomic E-state index is 12.7. The lowest BCUT2D eigenvalue weighted by Gasteiger charge is -2.18. The minimum absolute atomic E-state index is 0.0717. The summed E-state index contributed by atoms with van der Waals surface area (Å²) in [6, 6.07) is 11.1. The van der Waals surface area contributed by atoms with Crippen LogP contribution in [0.1, 0.15) is 47.1 Å². The first-order chi connectivity index (χ1) is 15.1. The number of aromatic nitrogens is 3. The van der Waals surface area contributed by atoms with Crippen LogP contribution >= 0.6 is 0 Å². The lowest BCUT2D eigenvalue weighted by molar-refractivity contribution is -0.137. The highest BCUT2D eigenvalue weighted by Crippen LogP contribution is 2.29. The highest BCUT2D eigenvalue weighted by Gasteiger charge is 2.31. The first-order valence-corrected chi connectivity index (χ1v) is 9.72. The Hall–Kier alpha value is -3.69. The van der Waals surface area contributed by atoms with E-state index in [0.29, 0.717) is 11.9 Å². The lowest BCUT2D eigenvalue weighted by atomic mass is 10.1. The summed E-state index contributed by atoms with van der Waals surface area (Å²) in [5, 5.41) is 6.79. The van der Waals surface area contributed by atoms with E-state index in [1.54, 1.807) is 6.92 Å². The van der Waals surface area contributed by atoms with Crippen molar-refractivity contribution in [1.29, 1.82) is 0 Å². The number of carbonyl (C=O) groups is 2. The average molecular weight is 446 g/mol. The second-order valence-electron chi connectivity index (χ2n) is 7.15. The molecule has 2 atom stereocenters. The van der Waals surface area contributed by atoms with Crippen molar-refractivity contribution in [1.82, 2.24) is 20.1 Å². The zero-order valence-corrected chi connectivity index (χ0v) is 17.6. The molecule has 0 aliphatic rings. The van der Waals surface area contributed by atoms with E-state index in [2.05, 4.69) is 15.4 Å². The highest BCUT2D eigenvalue weighted by atomic mass is 19.4. The van der Waals surface area contributed by atoms with Crippen molar-refractivity contribution in [2.45, 2.75) is 39.1 Å². The zero-order chi connectivity index (χ0) is 23.5. The number of hydrogen-bond donors (Lipinski definition) is 1. The molecule has 168 valence electrons. The molecule has 0 unspecified atom stereocenters. The average Bonchev–Trinajstić information content (AvgIpc) is 3.15. The van der Waals surface area contributed by atoms with Crippen LogP contribution in [0.2, 0.25) is 0 Å². The third-order valence-corrected chi connectivity index (χ3v) is 4.83. The summed E-state index contributed by atoms with van der Waals surface area (Å²) in [4.78, 5) is 28.7. The number of pyridine rings is 1. The van der Waals surface area contributed by atoms with Gasteiger partial charge in [0.2, 0.25) is 0 Å². The Morgan fingerprint density at radius 3 is 2.34 bits per heavy atom. The van der Waals surface area contributed by atoms with Gasteiger partial charge in [0, 0.05) is 6.20 Å². The van der Waals surface area contributed by atoms with E-state index in [1.165, 1.54) is 17.8 Å². The Kier molecular flexibility index (Phi) is 6.61. The molecule has 3 aromatic rings. The minimum Gasteiger partial charge on any atom is -0.449 e. The highest BCUT2D eigenvalue weighted by molar-refractivity contribution is 5.93. The van der Waals surface area contributed by atoms with E-state index in [9.17, 15) is 22.8 Å². The number of esters is 1. The molecule has 0 saturated heterocycles. The Bertz CT molecular complexity index is 1100. The molecule has 0 fully saturated rings. The molecule has 0 saturated carbocycles. The molecule has 32 heavy (non-hydrogen) atoms. The molecular formula is C22H21F3N4O3. The van der Waals surface area contributed by atoms with Gasteiger partial charge in [0.05, 0.1) is 23.5 Å². The largest absolute Gasteiger partial charge is 0.449 e. The Morgan fingerprint density at radius 2 is 1.75 bits per heavy atom. The van der Waals surface area contributed by atoms with Crippen molar-refractivity contribution in [3.63, 3.8) is 0 Å². The standard InChI is InChI=1S/C22H21F3N4O3/c1-13(16-7-5-4-6-8-16)28-20(30)15(3)32-21(31)18-12-27-29(14(18)2)19-10-9-17(11-26-19)22(23,24)25/h4-13,15H,1-3H3,(H,28,30)/t13-,15+/m0/s1. The third kappa shape index (κ3) is 5.13. The lowest BCUT2D eigenvalue weighted by Crippen LogP contribution is -2.37. The van der Waals surface area contributed by atoms with Crippen LogP contribution < -0.4 is 5.32 Å². The van der Waals surface area contributed by atoms with Crippen LogP contribution in [0.5, 0.6) is 0 Å². The summed E-state index contributed by atoms with van der Waals surface area (Å²) in [6.07, 6.45) is -3.67. The summed E-state index contributed by atoms with van der Waals surface area (Å²) >= 11 is 0. The van der Waals surface area contributed by atoms with Gasteiger partial charge in [0.25, 0.3) is 5.91 Å². The SMILES string of the molecule is Cc1c(C(=O)O[C@H](C)C(=O)N[C@@H](C)c2ccccc2)cnn1-c1ccc(C(F)(F)F)cn1. The summed E-state index contributed by atoms with van der Waals surface area (Å²) in [5.74, 6) is -1.14. The molecule has 0 spiro atoms. The van der Waals surface area contributed by atoms with E-state index < -0.39 is 29.7 Å². The van der Waals surface area contributed by atoms with Crippen molar-refractivity contribution in [2.24, 2.45) is 0 Å². The first-order valence-electron chi connectivity index (χ1n) is 9.72. The number of nitrogens with one attached hydrogen (secondary N) is 1. The Balaban J connectivity index is 1.67. The molecule has 0 aliphatic carbocycles. The van der Waals surface area contributed by atoms with Crippen LogP contribution in [0.3, 0.4) is 0 Å². The van der Waals surface area contributed by atoms with Crippen LogP contribution in [0.15, 0.2) is 54.9 Å². The molecule has 1 aromatic carbocycles. The predicted octanol–water partition coefficient (Wildman–Crippen LogP) is 4.02. The molecule has 2 aromatic heterocycles. The van der Waals surface area contributed by atoms with Crippen molar-refractivity contribution < 1.29 is 27.5 Å². The molecule has 2 heterocycles. The minimum atomic E-state index is -4.51. The molecule has 0 aliphatic heterocycles. The summed E-state index contributed by atoms with van der Waals surface area (Å²) in [6.45, 7) is 4.81. The Morgan fingerprint density at radius 1 is 1.06 bits per heavy atom. The molecule has 1 N–H and O–H groups in total. The van der Waals surface area contributed by atoms with E-state index in [0.717, 1.165) is 17.7 Å². The van der Waals surface area contributed by atoms with Gasteiger partial charge in [0.15, 0.2) is 11.9 Å². The summed E-state index contributed by atoms with van der Waals surface area (Å²) < 4.78 is 44.6. The number of nitrogens with zero attached hydrogens (tertiary/aromatic N) is 3. The zero-order valence-electron chi connectivity index (χ0n) is 17.6. The van der Waals surface area contributed by atoms with Crippen molar-refractivity contribution >= 4 is 11.9 Å². The maximum Gasteiger partial charge on any atom is 0.417 e. The molecule has 3 rings (SSSR count). The van der Waals surface area contributed by atoms with Crippen molar-refractivity contribution in [3.05, 3.63) is 77.2 Å². The van der Waals surface area contributed by atoms with E-state index in [4.69, 9.17) is 4.74 Å². The molecular weight excluding hydrogens is 425 g/mol. The fourth-order valence-corrected chi connectivity index (χ4v) is 2.95. The normalized spacial score (nSPS) is 13.3. The third-order valence-electron chi connectivity index (χ3n) is 4.83. The summed E-state index contributed by atoms with van der Waals surface area (Å²) in [5.41, 5.74) is 0.394. The van der Waals surface area contributed by atoms with Crippen LogP contribution in [0, 0.1) is 6.92 Å². The number of hydrogen-bond acceptors (Lipinski definition) is 5. The van der Waals surface area contributed by atoms with Gasteiger partial charge in [-0.15, -0.1) is 0 Å². The first kappa shape index (κ1) is 23.0. The van der Waals surface area contributed by atoms with Crippen LogP contribution in [0.4, 0.5) is 13.2 Å². The number of ether oxygens (including phenoxy) is 1. The number of carbonyl (C=O) groups excluding carboxylic acids is 2. The number of amides is 1. The van der Waals surface area contributed by atoms with Gasteiger partial charge in [-0.1, -0.05) is 30.3 Å². The van der Waals surface area contributed by atoms with Gasteiger partial charge in [-0.3, -0.25) is 4.79 Å². The second-order valence-corrected chi connectivity index (χ2v) is 7.15. The van der Waals surface area contributed by atoms with Crippen molar-refractivity contribution in [3.8, 4) is 5.82 Å². The number of rotatable bonds is 6. The molecule has 0 bridgehead atoms. The predicted molar refractivity (Wildman–Crippen MR) is 109 cm³/mol. The second kappa shape index (κ2) is 9.21. The van der Waals surface area contributed by atoms with Gasteiger partial charge in [-0.25, -0.2) is 14.5 Å². The molecule has 7 nitrogen and oxygen atoms in total. The Labute approximate surface area is 182 Å². The fourth-order valence-electron chi connectivity index (χ4n) is 2.95. The molecule has 1 amide bonds. The van der Waals surface area contributed by atoms with E-state index in [1.807, 2.05) is 37.3 Å². The molecule has 10 heteroatoms. The monoisotopic (exact) mass is 446 g/mol. The topological polar surface area (TPSA) is 86.1 Å². The van der Waals surface area contributed by atoms with Crippen LogP contribution in [-0.2, 0) is 15.7 Å². The van der Waals surface area contributed by atoms with Crippen molar-refractivity contribution in [2.75, 3.05) is 0 Å². The quantitative estimate of drug-likeness (QED) is 0.578. The maximum absolute atomic E-state index is 12.7. The van der Waals surface area contributed by atoms with Gasteiger partial charge < -0.3 is 10.1 Å².